The van der Waals surface area contributed by atoms with Gasteiger partial charge in [0.1, 0.15) is 5.75 Å². The minimum absolute atomic E-state index is 0.00510. The summed E-state index contributed by atoms with van der Waals surface area (Å²) in [6.45, 7) is 2.18. The van der Waals surface area contributed by atoms with Gasteiger partial charge in [0.15, 0.2) is 0 Å². The molecule has 1 aliphatic carbocycles. The lowest BCUT2D eigenvalue weighted by Gasteiger charge is -2.26. The minimum atomic E-state index is -3.84. The minimum Gasteiger partial charge on any atom is -0.495 e. The second kappa shape index (κ2) is 13.1. The van der Waals surface area contributed by atoms with Gasteiger partial charge in [-0.25, -0.2) is 13.1 Å². The first-order valence-electron chi connectivity index (χ1n) is 12.2. The van der Waals surface area contributed by atoms with E-state index in [0.717, 1.165) is 0 Å². The molecular formula is C26H32ClN3O7S. The number of ether oxygens (including phenoxy) is 2. The lowest BCUT2D eigenvalue weighted by Crippen LogP contribution is -2.31. The van der Waals surface area contributed by atoms with Gasteiger partial charge in [-0.05, 0) is 75.5 Å². The van der Waals surface area contributed by atoms with Gasteiger partial charge in [-0.15, -0.1) is 0 Å². The molecule has 0 unspecified atom stereocenters. The number of nitrogens with one attached hydrogen (secondary N) is 3. The SMILES string of the molecule is CCOC(=O)C1CCC(C(=O)Nc2ccc(S(=O)(=O)NC)cc2C(=O)NCc2ccc(OC)c(Cl)c2)CC1. The van der Waals surface area contributed by atoms with E-state index in [1.165, 1.54) is 32.4 Å². The van der Waals surface area contributed by atoms with Crippen LogP contribution in [0.25, 0.3) is 0 Å². The number of sulfonamides is 1. The third-order valence-electron chi connectivity index (χ3n) is 6.46. The summed E-state index contributed by atoms with van der Waals surface area (Å²) in [4.78, 5) is 38.1. The van der Waals surface area contributed by atoms with Crippen molar-refractivity contribution >= 4 is 45.1 Å². The Morgan fingerprint density at radius 3 is 2.32 bits per heavy atom. The predicted molar refractivity (Wildman–Crippen MR) is 143 cm³/mol. The topological polar surface area (TPSA) is 140 Å². The summed E-state index contributed by atoms with van der Waals surface area (Å²) in [5.41, 5.74) is 0.879. The highest BCUT2D eigenvalue weighted by atomic mass is 35.5. The second-order valence-corrected chi connectivity index (χ2v) is 11.2. The quantitative estimate of drug-likeness (QED) is 0.375. The maximum absolute atomic E-state index is 13.2. The molecule has 0 radical (unpaired) electrons. The van der Waals surface area contributed by atoms with Crippen LogP contribution < -0.4 is 20.1 Å². The molecule has 0 atom stereocenters. The first-order valence-corrected chi connectivity index (χ1v) is 14.1. The van der Waals surface area contributed by atoms with E-state index < -0.39 is 15.9 Å². The number of carbonyl (C=O) groups excluding carboxylic acids is 3. The van der Waals surface area contributed by atoms with E-state index in [1.54, 1.807) is 25.1 Å². The Labute approximate surface area is 227 Å². The van der Waals surface area contributed by atoms with Crippen LogP contribution in [0.15, 0.2) is 41.3 Å². The van der Waals surface area contributed by atoms with Gasteiger partial charge in [-0.1, -0.05) is 17.7 Å². The first kappa shape index (κ1) is 29.4. The van der Waals surface area contributed by atoms with Gasteiger partial charge < -0.3 is 20.1 Å². The fourth-order valence-corrected chi connectivity index (χ4v) is 5.33. The number of esters is 1. The van der Waals surface area contributed by atoms with Crippen molar-refractivity contribution in [1.82, 2.24) is 10.0 Å². The maximum Gasteiger partial charge on any atom is 0.308 e. The molecule has 1 aliphatic rings. The molecular weight excluding hydrogens is 534 g/mol. The molecule has 206 valence electrons. The van der Waals surface area contributed by atoms with Crippen LogP contribution in [0.2, 0.25) is 5.02 Å². The van der Waals surface area contributed by atoms with Crippen molar-refractivity contribution in [3.8, 4) is 5.75 Å². The fourth-order valence-electron chi connectivity index (χ4n) is 4.29. The Bertz CT molecular complexity index is 1290. The highest BCUT2D eigenvalue weighted by Crippen LogP contribution is 2.31. The van der Waals surface area contributed by atoms with Crippen molar-refractivity contribution in [1.29, 1.82) is 0 Å². The first-order chi connectivity index (χ1) is 18.1. The molecule has 0 aromatic heterocycles. The van der Waals surface area contributed by atoms with Crippen molar-refractivity contribution in [2.45, 2.75) is 44.0 Å². The molecule has 1 saturated carbocycles. The number of hydrogen-bond acceptors (Lipinski definition) is 7. The highest BCUT2D eigenvalue weighted by molar-refractivity contribution is 7.89. The van der Waals surface area contributed by atoms with Gasteiger partial charge in [0.05, 0.1) is 40.8 Å². The van der Waals surface area contributed by atoms with E-state index in [2.05, 4.69) is 15.4 Å². The number of amides is 2. The summed E-state index contributed by atoms with van der Waals surface area (Å²) in [6, 6.07) is 8.99. The average molecular weight is 566 g/mol. The number of carbonyl (C=O) groups is 3. The number of benzene rings is 2. The van der Waals surface area contributed by atoms with Crippen molar-refractivity contribution in [2.75, 3.05) is 26.1 Å². The average Bonchev–Trinajstić information content (AvgIpc) is 2.92. The third kappa shape index (κ3) is 7.24. The van der Waals surface area contributed by atoms with Gasteiger partial charge in [-0.3, -0.25) is 14.4 Å². The van der Waals surface area contributed by atoms with Crippen molar-refractivity contribution in [2.24, 2.45) is 11.8 Å². The molecule has 2 aromatic rings. The second-order valence-electron chi connectivity index (χ2n) is 8.86. The molecule has 1 fully saturated rings. The molecule has 12 heteroatoms. The van der Waals surface area contributed by atoms with Crippen LogP contribution in [-0.2, 0) is 30.9 Å². The Balaban J connectivity index is 1.77. The van der Waals surface area contributed by atoms with Gasteiger partial charge in [0.2, 0.25) is 15.9 Å². The summed E-state index contributed by atoms with van der Waals surface area (Å²) in [6.07, 6.45) is 2.07. The van der Waals surface area contributed by atoms with Crippen molar-refractivity contribution in [3.05, 3.63) is 52.5 Å². The molecule has 0 spiro atoms. The molecule has 38 heavy (non-hydrogen) atoms. The Hall–Kier alpha value is -3.15. The zero-order chi connectivity index (χ0) is 27.9. The normalized spacial score (nSPS) is 17.4. The van der Waals surface area contributed by atoms with Crippen LogP contribution in [-0.4, -0.2) is 47.0 Å². The largest absolute Gasteiger partial charge is 0.495 e. The lowest BCUT2D eigenvalue weighted by atomic mass is 9.81. The number of anilines is 1. The van der Waals surface area contributed by atoms with Crippen LogP contribution in [0.5, 0.6) is 5.75 Å². The zero-order valence-electron chi connectivity index (χ0n) is 21.5. The molecule has 10 nitrogen and oxygen atoms in total. The highest BCUT2D eigenvalue weighted by Gasteiger charge is 2.31. The Morgan fingerprint density at radius 1 is 1.03 bits per heavy atom. The van der Waals surface area contributed by atoms with Gasteiger partial charge in [0, 0.05) is 12.5 Å². The lowest BCUT2D eigenvalue weighted by molar-refractivity contribution is -0.150. The number of methoxy groups -OCH3 is 1. The Morgan fingerprint density at radius 2 is 1.71 bits per heavy atom. The van der Waals surface area contributed by atoms with Crippen LogP contribution in [0.1, 0.15) is 48.5 Å². The Kier molecular flexibility index (Phi) is 10.1. The van der Waals surface area contributed by atoms with E-state index in [1.807, 2.05) is 0 Å². The third-order valence-corrected chi connectivity index (χ3v) is 8.17. The molecule has 3 N–H and O–H groups in total. The van der Waals surface area contributed by atoms with E-state index in [4.69, 9.17) is 21.1 Å². The number of rotatable bonds is 10. The van der Waals surface area contributed by atoms with Crippen molar-refractivity contribution in [3.63, 3.8) is 0 Å². The molecule has 0 aliphatic heterocycles. The van der Waals surface area contributed by atoms with Crippen LogP contribution in [0, 0.1) is 11.8 Å². The number of hydrogen-bond donors (Lipinski definition) is 3. The summed E-state index contributed by atoms with van der Waals surface area (Å²) < 4.78 is 37.2. The van der Waals surface area contributed by atoms with Crippen molar-refractivity contribution < 1.29 is 32.3 Å². The summed E-state index contributed by atoms with van der Waals surface area (Å²) in [7, 11) is -1.07. The summed E-state index contributed by atoms with van der Waals surface area (Å²) >= 11 is 6.16. The summed E-state index contributed by atoms with van der Waals surface area (Å²) in [5, 5.41) is 5.91. The molecule has 2 amide bonds. The monoisotopic (exact) mass is 565 g/mol. The molecule has 0 heterocycles. The van der Waals surface area contributed by atoms with Crippen LogP contribution >= 0.6 is 11.6 Å². The maximum atomic E-state index is 13.2. The zero-order valence-corrected chi connectivity index (χ0v) is 23.1. The fraction of sp³-hybridized carbons (Fsp3) is 0.423. The van der Waals surface area contributed by atoms with Gasteiger partial charge in [0.25, 0.3) is 5.91 Å². The van der Waals surface area contributed by atoms with E-state index in [-0.39, 0.29) is 46.4 Å². The van der Waals surface area contributed by atoms with Crippen LogP contribution in [0.3, 0.4) is 0 Å². The van der Waals surface area contributed by atoms with E-state index in [9.17, 15) is 22.8 Å². The van der Waals surface area contributed by atoms with Gasteiger partial charge >= 0.3 is 5.97 Å². The smallest absolute Gasteiger partial charge is 0.308 e. The standard InChI is InChI=1S/C26H32ClN3O7S/c1-4-37-26(33)18-8-6-17(7-9-18)24(31)30-22-11-10-19(38(34,35)28-2)14-20(22)25(32)29-15-16-5-12-23(36-3)21(27)13-16/h5,10-14,17-18,28H,4,6-9,15H2,1-3H3,(H,29,32)(H,30,31). The summed E-state index contributed by atoms with van der Waals surface area (Å²) in [5.74, 6) is -1.20. The predicted octanol–water partition coefficient (Wildman–Crippen LogP) is 3.49. The number of halogens is 1. The van der Waals surface area contributed by atoms with Gasteiger partial charge in [-0.2, -0.15) is 0 Å². The van der Waals surface area contributed by atoms with Crippen LogP contribution in [0.4, 0.5) is 5.69 Å². The van der Waals surface area contributed by atoms with E-state index >= 15 is 0 Å². The van der Waals surface area contributed by atoms with E-state index in [0.29, 0.717) is 48.6 Å². The molecule has 2 aromatic carbocycles. The molecule has 3 rings (SSSR count). The molecule has 0 bridgehead atoms. The molecule has 0 saturated heterocycles.